The number of carboxylic acid groups (broad SMARTS) is 1. The fraction of sp³-hybridized carbons (Fsp3) is 0.545. The van der Waals surface area contributed by atoms with Gasteiger partial charge in [0, 0.05) is 5.25 Å². The Bertz CT molecular complexity index is 358. The lowest BCUT2D eigenvalue weighted by molar-refractivity contribution is -0.144. The van der Waals surface area contributed by atoms with Crippen LogP contribution in [-0.4, -0.2) is 16.3 Å². The molecule has 0 aliphatic heterocycles. The molecule has 3 nitrogen and oxygen atoms in total. The Morgan fingerprint density at radius 3 is 2.93 bits per heavy atom. The molecule has 1 N–H and O–H groups in total. The van der Waals surface area contributed by atoms with Crippen LogP contribution in [0.4, 0.5) is 0 Å². The van der Waals surface area contributed by atoms with Gasteiger partial charge in [-0.3, -0.25) is 4.79 Å². The fourth-order valence-electron chi connectivity index (χ4n) is 1.69. The molecule has 0 saturated heterocycles. The minimum Gasteiger partial charge on any atom is -0.481 e. The SMILES string of the molecule is Cc1ccoc1CSC1CCC1C(=O)O. The summed E-state index contributed by atoms with van der Waals surface area (Å²) in [7, 11) is 0. The molecule has 1 saturated carbocycles. The predicted molar refractivity (Wildman–Crippen MR) is 58.9 cm³/mol. The van der Waals surface area contributed by atoms with Crippen molar-refractivity contribution in [3.8, 4) is 0 Å². The molecule has 15 heavy (non-hydrogen) atoms. The van der Waals surface area contributed by atoms with Crippen LogP contribution >= 0.6 is 11.8 Å². The summed E-state index contributed by atoms with van der Waals surface area (Å²) in [4.78, 5) is 10.8. The van der Waals surface area contributed by atoms with Gasteiger partial charge in [-0.05, 0) is 31.4 Å². The second-order valence-corrected chi connectivity index (χ2v) is 5.13. The molecule has 1 aromatic heterocycles. The largest absolute Gasteiger partial charge is 0.481 e. The fourth-order valence-corrected chi connectivity index (χ4v) is 3.13. The summed E-state index contributed by atoms with van der Waals surface area (Å²) < 4.78 is 5.31. The first-order valence-corrected chi connectivity index (χ1v) is 6.10. The third-order valence-corrected chi connectivity index (χ3v) is 4.35. The Kier molecular flexibility index (Phi) is 3.05. The number of aliphatic carboxylic acids is 1. The molecule has 1 fully saturated rings. The summed E-state index contributed by atoms with van der Waals surface area (Å²) >= 11 is 1.70. The second-order valence-electron chi connectivity index (χ2n) is 3.90. The first kappa shape index (κ1) is 10.6. The van der Waals surface area contributed by atoms with Crippen molar-refractivity contribution in [1.82, 2.24) is 0 Å². The van der Waals surface area contributed by atoms with E-state index in [9.17, 15) is 4.79 Å². The number of thioether (sulfide) groups is 1. The number of furan rings is 1. The summed E-state index contributed by atoms with van der Waals surface area (Å²) in [6.07, 6.45) is 3.52. The number of rotatable bonds is 4. The molecule has 2 rings (SSSR count). The van der Waals surface area contributed by atoms with E-state index in [2.05, 4.69) is 0 Å². The molecule has 1 aromatic rings. The van der Waals surface area contributed by atoms with Crippen molar-refractivity contribution in [3.05, 3.63) is 23.7 Å². The van der Waals surface area contributed by atoms with E-state index < -0.39 is 5.97 Å². The third kappa shape index (κ3) is 2.20. The highest BCUT2D eigenvalue weighted by molar-refractivity contribution is 7.99. The van der Waals surface area contributed by atoms with Crippen molar-refractivity contribution >= 4 is 17.7 Å². The summed E-state index contributed by atoms with van der Waals surface area (Å²) in [5.41, 5.74) is 1.15. The number of hydrogen-bond acceptors (Lipinski definition) is 3. The summed E-state index contributed by atoms with van der Waals surface area (Å²) in [5, 5.41) is 9.15. The summed E-state index contributed by atoms with van der Waals surface area (Å²) in [6, 6.07) is 1.94. The molecule has 1 heterocycles. The van der Waals surface area contributed by atoms with E-state index in [0.29, 0.717) is 0 Å². The first-order valence-electron chi connectivity index (χ1n) is 5.06. The van der Waals surface area contributed by atoms with Crippen molar-refractivity contribution in [3.63, 3.8) is 0 Å². The molecule has 2 unspecified atom stereocenters. The van der Waals surface area contributed by atoms with Crippen LogP contribution in [0.3, 0.4) is 0 Å². The number of carbonyl (C=O) groups is 1. The number of carboxylic acids is 1. The zero-order chi connectivity index (χ0) is 10.8. The van der Waals surface area contributed by atoms with E-state index in [1.165, 1.54) is 0 Å². The van der Waals surface area contributed by atoms with Gasteiger partial charge in [-0.15, -0.1) is 11.8 Å². The molecule has 1 aliphatic carbocycles. The van der Waals surface area contributed by atoms with Gasteiger partial charge in [0.15, 0.2) is 0 Å². The summed E-state index contributed by atoms with van der Waals surface area (Å²) in [6.45, 7) is 2.01. The van der Waals surface area contributed by atoms with E-state index in [1.807, 2.05) is 13.0 Å². The molecule has 0 bridgehead atoms. The van der Waals surface area contributed by atoms with Crippen molar-refractivity contribution in [1.29, 1.82) is 0 Å². The number of hydrogen-bond donors (Lipinski definition) is 1. The lowest BCUT2D eigenvalue weighted by Gasteiger charge is -2.32. The van der Waals surface area contributed by atoms with Crippen LogP contribution in [-0.2, 0) is 10.5 Å². The minimum atomic E-state index is -0.657. The molecular weight excluding hydrogens is 212 g/mol. The zero-order valence-electron chi connectivity index (χ0n) is 8.60. The quantitative estimate of drug-likeness (QED) is 0.857. The second kappa shape index (κ2) is 4.31. The predicted octanol–water partition coefficient (Wildman–Crippen LogP) is 2.68. The van der Waals surface area contributed by atoms with Gasteiger partial charge >= 0.3 is 5.97 Å². The molecule has 0 spiro atoms. The van der Waals surface area contributed by atoms with Crippen LogP contribution in [0.5, 0.6) is 0 Å². The van der Waals surface area contributed by atoms with Crippen LogP contribution in [0.1, 0.15) is 24.2 Å². The highest BCUT2D eigenvalue weighted by Crippen LogP contribution is 2.39. The van der Waals surface area contributed by atoms with Crippen LogP contribution in [0.25, 0.3) is 0 Å². The van der Waals surface area contributed by atoms with Gasteiger partial charge in [-0.2, -0.15) is 0 Å². The Morgan fingerprint density at radius 1 is 1.67 bits per heavy atom. The van der Waals surface area contributed by atoms with Crippen molar-refractivity contribution in [2.75, 3.05) is 0 Å². The van der Waals surface area contributed by atoms with Gasteiger partial charge < -0.3 is 9.52 Å². The maximum atomic E-state index is 10.8. The van der Waals surface area contributed by atoms with Gasteiger partial charge in [0.1, 0.15) is 5.76 Å². The van der Waals surface area contributed by atoms with E-state index >= 15 is 0 Å². The summed E-state index contributed by atoms with van der Waals surface area (Å²) in [5.74, 6) is 0.948. The lowest BCUT2D eigenvalue weighted by atomic mass is 9.85. The zero-order valence-corrected chi connectivity index (χ0v) is 9.42. The normalized spacial score (nSPS) is 24.9. The molecule has 0 aromatic carbocycles. The lowest BCUT2D eigenvalue weighted by Crippen LogP contribution is -2.35. The maximum Gasteiger partial charge on any atom is 0.307 e. The third-order valence-electron chi connectivity index (χ3n) is 2.92. The smallest absolute Gasteiger partial charge is 0.307 e. The van der Waals surface area contributed by atoms with Crippen LogP contribution in [0, 0.1) is 12.8 Å². The van der Waals surface area contributed by atoms with Crippen molar-refractivity contribution in [2.45, 2.75) is 30.8 Å². The molecule has 0 amide bonds. The van der Waals surface area contributed by atoms with Gasteiger partial charge in [-0.1, -0.05) is 0 Å². The van der Waals surface area contributed by atoms with E-state index in [-0.39, 0.29) is 11.2 Å². The van der Waals surface area contributed by atoms with Crippen LogP contribution < -0.4 is 0 Å². The highest BCUT2D eigenvalue weighted by atomic mass is 32.2. The Hall–Kier alpha value is -0.900. The Labute approximate surface area is 92.9 Å². The monoisotopic (exact) mass is 226 g/mol. The average Bonchev–Trinajstić information content (AvgIpc) is 2.49. The van der Waals surface area contributed by atoms with Gasteiger partial charge in [-0.25, -0.2) is 0 Å². The molecule has 82 valence electrons. The standard InChI is InChI=1S/C11H14O3S/c1-7-4-5-14-9(7)6-15-10-3-2-8(10)11(12)13/h4-5,8,10H,2-3,6H2,1H3,(H,12,13). The van der Waals surface area contributed by atoms with Crippen LogP contribution in [0.2, 0.25) is 0 Å². The van der Waals surface area contributed by atoms with Crippen molar-refractivity contribution < 1.29 is 14.3 Å². The molecule has 0 radical (unpaired) electrons. The average molecular weight is 226 g/mol. The molecule has 4 heteroatoms. The first-order chi connectivity index (χ1) is 7.18. The van der Waals surface area contributed by atoms with E-state index in [0.717, 1.165) is 29.9 Å². The highest BCUT2D eigenvalue weighted by Gasteiger charge is 2.36. The van der Waals surface area contributed by atoms with Crippen molar-refractivity contribution in [2.24, 2.45) is 5.92 Å². The van der Waals surface area contributed by atoms with Gasteiger partial charge in [0.05, 0.1) is 17.9 Å². The minimum absolute atomic E-state index is 0.148. The topological polar surface area (TPSA) is 50.4 Å². The van der Waals surface area contributed by atoms with Gasteiger partial charge in [0.2, 0.25) is 0 Å². The van der Waals surface area contributed by atoms with Gasteiger partial charge in [0.25, 0.3) is 0 Å². The molecule has 1 aliphatic rings. The van der Waals surface area contributed by atoms with E-state index in [4.69, 9.17) is 9.52 Å². The molecular formula is C11H14O3S. The Balaban J connectivity index is 1.84. The Morgan fingerprint density at radius 2 is 2.47 bits per heavy atom. The molecule has 2 atom stereocenters. The maximum absolute atomic E-state index is 10.8. The number of aryl methyl sites for hydroxylation is 1. The van der Waals surface area contributed by atoms with Crippen LogP contribution in [0.15, 0.2) is 16.7 Å². The van der Waals surface area contributed by atoms with E-state index in [1.54, 1.807) is 18.0 Å².